The third-order valence-electron chi connectivity index (χ3n) is 5.42. The molecule has 0 aliphatic carbocycles. The third-order valence-corrected chi connectivity index (χ3v) is 7.90. The van der Waals surface area contributed by atoms with E-state index in [0.29, 0.717) is 28.6 Å². The SMILES string of the molecule is Cc1ccc(S(=O)(=O)N2CCC(C(=O)NC(C)C(=O)Nc3cc(Cl)ccc3Cl)CC2)cc1. The summed E-state index contributed by atoms with van der Waals surface area (Å²) in [5, 5.41) is 6.11. The third kappa shape index (κ3) is 5.81. The summed E-state index contributed by atoms with van der Waals surface area (Å²) < 4.78 is 27.0. The van der Waals surface area contributed by atoms with Gasteiger partial charge in [0.05, 0.1) is 15.6 Å². The highest BCUT2D eigenvalue weighted by Crippen LogP contribution is 2.26. The minimum Gasteiger partial charge on any atom is -0.344 e. The minimum atomic E-state index is -3.59. The molecule has 2 aromatic rings. The topological polar surface area (TPSA) is 95.6 Å². The van der Waals surface area contributed by atoms with E-state index >= 15 is 0 Å². The van der Waals surface area contributed by atoms with Gasteiger partial charge >= 0.3 is 0 Å². The summed E-state index contributed by atoms with van der Waals surface area (Å²) in [7, 11) is -3.59. The molecule has 1 aliphatic heterocycles. The molecule has 1 aliphatic rings. The van der Waals surface area contributed by atoms with Crippen molar-refractivity contribution in [3.63, 3.8) is 0 Å². The zero-order valence-electron chi connectivity index (χ0n) is 17.8. The van der Waals surface area contributed by atoms with Gasteiger partial charge in [-0.25, -0.2) is 8.42 Å². The number of hydrogen-bond donors (Lipinski definition) is 2. The van der Waals surface area contributed by atoms with Crippen molar-refractivity contribution in [2.75, 3.05) is 18.4 Å². The fourth-order valence-corrected chi connectivity index (χ4v) is 5.26. The average molecular weight is 498 g/mol. The number of nitrogens with one attached hydrogen (secondary N) is 2. The number of halogens is 2. The lowest BCUT2D eigenvalue weighted by Gasteiger charge is -2.31. The number of amides is 2. The largest absolute Gasteiger partial charge is 0.344 e. The van der Waals surface area contributed by atoms with Crippen molar-refractivity contribution in [2.45, 2.75) is 37.6 Å². The van der Waals surface area contributed by atoms with Gasteiger partial charge in [-0.05, 0) is 57.0 Å². The number of anilines is 1. The minimum absolute atomic E-state index is 0.243. The van der Waals surface area contributed by atoms with E-state index in [2.05, 4.69) is 10.6 Å². The van der Waals surface area contributed by atoms with Gasteiger partial charge in [-0.2, -0.15) is 4.31 Å². The molecular weight excluding hydrogens is 473 g/mol. The van der Waals surface area contributed by atoms with E-state index < -0.39 is 22.0 Å². The smallest absolute Gasteiger partial charge is 0.246 e. The van der Waals surface area contributed by atoms with Gasteiger partial charge in [-0.15, -0.1) is 0 Å². The van der Waals surface area contributed by atoms with Gasteiger partial charge in [0.1, 0.15) is 6.04 Å². The lowest BCUT2D eigenvalue weighted by Crippen LogP contribution is -2.47. The predicted molar refractivity (Wildman–Crippen MR) is 125 cm³/mol. The maximum atomic E-state index is 12.8. The van der Waals surface area contributed by atoms with E-state index in [9.17, 15) is 18.0 Å². The van der Waals surface area contributed by atoms with Crippen LogP contribution in [0.1, 0.15) is 25.3 Å². The molecule has 0 radical (unpaired) electrons. The van der Waals surface area contributed by atoms with Crippen LogP contribution in [0, 0.1) is 12.8 Å². The summed E-state index contributed by atoms with van der Waals surface area (Å²) in [5.74, 6) is -1.08. The number of benzene rings is 2. The summed E-state index contributed by atoms with van der Waals surface area (Å²) in [6, 6.07) is 10.6. The fraction of sp³-hybridized carbons (Fsp3) is 0.364. The summed E-state index contributed by atoms with van der Waals surface area (Å²) in [6.07, 6.45) is 0.761. The summed E-state index contributed by atoms with van der Waals surface area (Å²) in [4.78, 5) is 25.3. The van der Waals surface area contributed by atoms with E-state index in [1.807, 2.05) is 6.92 Å². The van der Waals surface area contributed by atoms with Crippen LogP contribution in [-0.4, -0.2) is 43.7 Å². The molecule has 1 fully saturated rings. The molecule has 2 aromatic carbocycles. The van der Waals surface area contributed by atoms with E-state index in [4.69, 9.17) is 23.2 Å². The highest BCUT2D eigenvalue weighted by molar-refractivity contribution is 7.89. The van der Waals surface area contributed by atoms with Crippen molar-refractivity contribution in [1.82, 2.24) is 9.62 Å². The molecule has 1 saturated heterocycles. The van der Waals surface area contributed by atoms with Crippen LogP contribution in [0.3, 0.4) is 0 Å². The molecule has 0 bridgehead atoms. The molecule has 1 heterocycles. The highest BCUT2D eigenvalue weighted by Gasteiger charge is 2.33. The van der Waals surface area contributed by atoms with E-state index in [1.54, 1.807) is 43.3 Å². The number of carbonyl (C=O) groups excluding carboxylic acids is 2. The first kappa shape index (κ1) is 24.5. The first-order chi connectivity index (χ1) is 15.1. The van der Waals surface area contributed by atoms with Crippen molar-refractivity contribution >= 4 is 50.7 Å². The molecule has 1 unspecified atom stereocenters. The normalized spacial score (nSPS) is 16.4. The van der Waals surface area contributed by atoms with Crippen molar-refractivity contribution in [3.8, 4) is 0 Å². The highest BCUT2D eigenvalue weighted by atomic mass is 35.5. The maximum Gasteiger partial charge on any atom is 0.246 e. The lowest BCUT2D eigenvalue weighted by molar-refractivity contribution is -0.129. The number of nitrogens with zero attached hydrogens (tertiary/aromatic N) is 1. The van der Waals surface area contributed by atoms with Crippen molar-refractivity contribution in [1.29, 1.82) is 0 Å². The quantitative estimate of drug-likeness (QED) is 0.633. The number of aryl methyl sites for hydroxylation is 1. The zero-order valence-corrected chi connectivity index (χ0v) is 20.1. The Morgan fingerprint density at radius 2 is 1.69 bits per heavy atom. The van der Waals surface area contributed by atoms with Crippen LogP contribution >= 0.6 is 23.2 Å². The molecule has 32 heavy (non-hydrogen) atoms. The molecule has 172 valence electrons. The van der Waals surface area contributed by atoms with E-state index in [0.717, 1.165) is 5.56 Å². The Morgan fingerprint density at radius 3 is 2.31 bits per heavy atom. The Kier molecular flexibility index (Phi) is 7.82. The van der Waals surface area contributed by atoms with Crippen molar-refractivity contribution in [3.05, 3.63) is 58.1 Å². The molecule has 2 N–H and O–H groups in total. The number of hydrogen-bond acceptors (Lipinski definition) is 4. The summed E-state index contributed by atoms with van der Waals surface area (Å²) in [6.45, 7) is 3.95. The van der Waals surface area contributed by atoms with Crippen LogP contribution in [0.15, 0.2) is 47.4 Å². The van der Waals surface area contributed by atoms with Gasteiger partial charge in [0, 0.05) is 24.0 Å². The molecule has 0 spiro atoms. The van der Waals surface area contributed by atoms with E-state index in [1.165, 1.54) is 10.4 Å². The Balaban J connectivity index is 1.54. The molecule has 2 amide bonds. The first-order valence-corrected chi connectivity index (χ1v) is 12.4. The van der Waals surface area contributed by atoms with E-state index in [-0.39, 0.29) is 29.8 Å². The van der Waals surface area contributed by atoms with Gasteiger partial charge < -0.3 is 10.6 Å². The molecule has 7 nitrogen and oxygen atoms in total. The zero-order chi connectivity index (χ0) is 23.5. The number of sulfonamides is 1. The first-order valence-electron chi connectivity index (χ1n) is 10.2. The van der Waals surface area contributed by atoms with Crippen LogP contribution in [0.4, 0.5) is 5.69 Å². The average Bonchev–Trinajstić information content (AvgIpc) is 2.76. The van der Waals surface area contributed by atoms with Gasteiger partial charge in [0.25, 0.3) is 0 Å². The van der Waals surface area contributed by atoms with Crippen LogP contribution < -0.4 is 10.6 Å². The van der Waals surface area contributed by atoms with Crippen LogP contribution in [0.2, 0.25) is 10.0 Å². The van der Waals surface area contributed by atoms with Crippen molar-refractivity contribution in [2.24, 2.45) is 5.92 Å². The second-order valence-corrected chi connectivity index (χ2v) is 10.6. The monoisotopic (exact) mass is 497 g/mol. The standard InChI is InChI=1S/C22H25Cl2N3O4S/c1-14-3-6-18(7-4-14)32(30,31)27-11-9-16(10-12-27)22(29)25-15(2)21(28)26-20-13-17(23)5-8-19(20)24/h3-8,13,15-16H,9-12H2,1-2H3,(H,25,29)(H,26,28). The summed E-state index contributed by atoms with van der Waals surface area (Å²) >= 11 is 12.0. The predicted octanol–water partition coefficient (Wildman–Crippen LogP) is 3.85. The molecule has 10 heteroatoms. The van der Waals surface area contributed by atoms with Crippen molar-refractivity contribution < 1.29 is 18.0 Å². The maximum absolute atomic E-state index is 12.8. The Bertz CT molecular complexity index is 1100. The summed E-state index contributed by atoms with van der Waals surface area (Å²) in [5.41, 5.74) is 1.34. The Labute approximate surface area is 198 Å². The molecule has 1 atom stereocenters. The molecule has 0 saturated carbocycles. The number of rotatable bonds is 6. The van der Waals surface area contributed by atoms with Gasteiger partial charge in [-0.1, -0.05) is 40.9 Å². The second-order valence-electron chi connectivity index (χ2n) is 7.84. The number of carbonyl (C=O) groups is 2. The van der Waals surface area contributed by atoms with Crippen LogP contribution in [0.5, 0.6) is 0 Å². The molecular formula is C22H25Cl2N3O4S. The fourth-order valence-electron chi connectivity index (χ4n) is 3.45. The van der Waals surface area contributed by atoms with Gasteiger partial charge in [-0.3, -0.25) is 9.59 Å². The Hall–Kier alpha value is -2.13. The van der Waals surface area contributed by atoms with Crippen LogP contribution in [-0.2, 0) is 19.6 Å². The van der Waals surface area contributed by atoms with Crippen LogP contribution in [0.25, 0.3) is 0 Å². The lowest BCUT2D eigenvalue weighted by atomic mass is 9.97. The number of piperidine rings is 1. The van der Waals surface area contributed by atoms with Gasteiger partial charge in [0.15, 0.2) is 0 Å². The molecule has 3 rings (SSSR count). The molecule has 0 aromatic heterocycles. The second kappa shape index (κ2) is 10.2. The van der Waals surface area contributed by atoms with Gasteiger partial charge in [0.2, 0.25) is 21.8 Å². The Morgan fingerprint density at radius 1 is 1.06 bits per heavy atom.